The van der Waals surface area contributed by atoms with Crippen molar-refractivity contribution in [2.75, 3.05) is 23.8 Å². The second-order valence-corrected chi connectivity index (χ2v) is 6.60. The van der Waals surface area contributed by atoms with Gasteiger partial charge in [-0.15, -0.1) is 0 Å². The molecule has 0 aliphatic rings. The van der Waals surface area contributed by atoms with Crippen LogP contribution in [0.25, 0.3) is 0 Å². The molecular weight excluding hydrogens is 350 g/mol. The summed E-state index contributed by atoms with van der Waals surface area (Å²) in [5, 5.41) is 2.91. The average molecular weight is 375 g/mol. The van der Waals surface area contributed by atoms with Gasteiger partial charge in [0.05, 0.1) is 17.4 Å². The van der Waals surface area contributed by atoms with Crippen molar-refractivity contribution in [1.82, 2.24) is 4.98 Å². The van der Waals surface area contributed by atoms with Crippen LogP contribution in [0, 0.1) is 0 Å². The molecule has 1 heterocycles. The van der Waals surface area contributed by atoms with Crippen LogP contribution in [-0.4, -0.2) is 24.5 Å². The molecule has 3 aromatic rings. The van der Waals surface area contributed by atoms with Gasteiger partial charge in [-0.05, 0) is 48.9 Å². The number of aromatic nitrogens is 1. The summed E-state index contributed by atoms with van der Waals surface area (Å²) in [7, 11) is 2.01. The molecule has 1 amide bonds. The molecule has 0 spiro atoms. The van der Waals surface area contributed by atoms with Gasteiger partial charge >= 0.3 is 0 Å². The third kappa shape index (κ3) is 5.33. The summed E-state index contributed by atoms with van der Waals surface area (Å²) in [5.74, 6) is 1.30. The molecule has 0 aliphatic heterocycles. The van der Waals surface area contributed by atoms with Crippen LogP contribution in [0.4, 0.5) is 11.4 Å². The maximum absolute atomic E-state index is 12.6. The summed E-state index contributed by atoms with van der Waals surface area (Å²) in [6.07, 6.45) is 5.59. The normalized spacial score (nSPS) is 10.4. The predicted molar refractivity (Wildman–Crippen MR) is 113 cm³/mol. The number of unbranched alkanes of at least 4 members (excludes halogenated alkanes) is 1. The molecule has 144 valence electrons. The van der Waals surface area contributed by atoms with Crippen molar-refractivity contribution >= 4 is 17.3 Å². The highest BCUT2D eigenvalue weighted by Crippen LogP contribution is 2.23. The van der Waals surface area contributed by atoms with Gasteiger partial charge in [0.25, 0.3) is 5.91 Å². The number of anilines is 2. The zero-order valence-electron chi connectivity index (χ0n) is 16.3. The van der Waals surface area contributed by atoms with E-state index in [2.05, 4.69) is 22.1 Å². The fraction of sp³-hybridized carbons (Fsp3) is 0.217. The summed E-state index contributed by atoms with van der Waals surface area (Å²) in [6.45, 7) is 3.10. The highest BCUT2D eigenvalue weighted by molar-refractivity contribution is 6.04. The maximum Gasteiger partial charge on any atom is 0.257 e. The standard InChI is InChI=1S/C23H25N3O2/c1-3-4-14-26(2)20-15-18(16-24-17-20)23(27)25-19-10-12-22(13-11-19)28-21-8-6-5-7-9-21/h5-13,15-17H,3-4,14H2,1-2H3,(H,25,27). The van der Waals surface area contributed by atoms with E-state index >= 15 is 0 Å². The Balaban J connectivity index is 1.63. The Morgan fingerprint density at radius 1 is 1.04 bits per heavy atom. The van der Waals surface area contributed by atoms with Crippen molar-refractivity contribution in [1.29, 1.82) is 0 Å². The first-order valence-electron chi connectivity index (χ1n) is 9.46. The van der Waals surface area contributed by atoms with E-state index in [1.54, 1.807) is 12.4 Å². The molecule has 0 atom stereocenters. The van der Waals surface area contributed by atoms with Crippen LogP contribution in [0.2, 0.25) is 0 Å². The smallest absolute Gasteiger partial charge is 0.257 e. The van der Waals surface area contributed by atoms with E-state index in [4.69, 9.17) is 4.74 Å². The number of pyridine rings is 1. The summed E-state index contributed by atoms with van der Waals surface area (Å²) >= 11 is 0. The molecule has 1 N–H and O–H groups in total. The highest BCUT2D eigenvalue weighted by Gasteiger charge is 2.10. The summed E-state index contributed by atoms with van der Waals surface area (Å²) in [5.41, 5.74) is 2.17. The number of hydrogen-bond acceptors (Lipinski definition) is 4. The van der Waals surface area contributed by atoms with Crippen molar-refractivity contribution in [3.63, 3.8) is 0 Å². The number of benzene rings is 2. The fourth-order valence-electron chi connectivity index (χ4n) is 2.72. The van der Waals surface area contributed by atoms with Crippen molar-refractivity contribution in [2.24, 2.45) is 0 Å². The van der Waals surface area contributed by atoms with Gasteiger partial charge in [0.2, 0.25) is 0 Å². The number of nitrogens with zero attached hydrogens (tertiary/aromatic N) is 2. The molecule has 5 nitrogen and oxygen atoms in total. The number of carbonyl (C=O) groups excluding carboxylic acids is 1. The minimum Gasteiger partial charge on any atom is -0.457 e. The van der Waals surface area contributed by atoms with Crippen molar-refractivity contribution in [3.8, 4) is 11.5 Å². The minimum absolute atomic E-state index is 0.185. The fourth-order valence-corrected chi connectivity index (χ4v) is 2.72. The van der Waals surface area contributed by atoms with E-state index in [1.165, 1.54) is 0 Å². The molecule has 28 heavy (non-hydrogen) atoms. The van der Waals surface area contributed by atoms with Crippen molar-refractivity contribution < 1.29 is 9.53 Å². The Morgan fingerprint density at radius 3 is 2.46 bits per heavy atom. The molecule has 0 fully saturated rings. The van der Waals surface area contributed by atoms with Crippen LogP contribution >= 0.6 is 0 Å². The second kappa shape index (κ2) is 9.55. The number of amides is 1. The van der Waals surface area contributed by atoms with Gasteiger partial charge in [-0.2, -0.15) is 0 Å². The number of para-hydroxylation sites is 1. The molecule has 0 aliphatic carbocycles. The Kier molecular flexibility index (Phi) is 6.63. The van der Waals surface area contributed by atoms with Gasteiger partial charge in [0, 0.05) is 25.5 Å². The van der Waals surface area contributed by atoms with Crippen LogP contribution in [0.5, 0.6) is 11.5 Å². The Morgan fingerprint density at radius 2 is 1.75 bits per heavy atom. The lowest BCUT2D eigenvalue weighted by molar-refractivity contribution is 0.102. The average Bonchev–Trinajstić information content (AvgIpc) is 2.74. The number of nitrogens with one attached hydrogen (secondary N) is 1. The van der Waals surface area contributed by atoms with Crippen LogP contribution in [-0.2, 0) is 0 Å². The molecule has 0 saturated heterocycles. The quantitative estimate of drug-likeness (QED) is 0.576. The lowest BCUT2D eigenvalue weighted by Gasteiger charge is -2.19. The zero-order chi connectivity index (χ0) is 19.8. The third-order valence-corrected chi connectivity index (χ3v) is 4.36. The SMILES string of the molecule is CCCCN(C)c1cncc(C(=O)Nc2ccc(Oc3ccccc3)cc2)c1. The van der Waals surface area contributed by atoms with Crippen molar-refractivity contribution in [2.45, 2.75) is 19.8 Å². The van der Waals surface area contributed by atoms with Gasteiger partial charge in [-0.1, -0.05) is 31.5 Å². The first-order valence-corrected chi connectivity index (χ1v) is 9.46. The molecule has 0 saturated carbocycles. The highest BCUT2D eigenvalue weighted by atomic mass is 16.5. The van der Waals surface area contributed by atoms with Crippen molar-refractivity contribution in [3.05, 3.63) is 78.6 Å². The largest absolute Gasteiger partial charge is 0.457 e. The van der Waals surface area contributed by atoms with E-state index in [0.29, 0.717) is 17.0 Å². The van der Waals surface area contributed by atoms with E-state index < -0.39 is 0 Å². The van der Waals surface area contributed by atoms with Crippen LogP contribution in [0.3, 0.4) is 0 Å². The Bertz CT molecular complexity index is 895. The summed E-state index contributed by atoms with van der Waals surface area (Å²) in [4.78, 5) is 18.9. The maximum atomic E-state index is 12.6. The Hall–Kier alpha value is -3.34. The van der Waals surface area contributed by atoms with E-state index in [9.17, 15) is 4.79 Å². The number of carbonyl (C=O) groups is 1. The molecule has 2 aromatic carbocycles. The van der Waals surface area contributed by atoms with Gasteiger partial charge in [0.1, 0.15) is 11.5 Å². The minimum atomic E-state index is -0.185. The zero-order valence-corrected chi connectivity index (χ0v) is 16.3. The monoisotopic (exact) mass is 375 g/mol. The van der Waals surface area contributed by atoms with Gasteiger partial charge in [0.15, 0.2) is 0 Å². The summed E-state index contributed by atoms with van der Waals surface area (Å²) < 4.78 is 5.77. The first-order chi connectivity index (χ1) is 13.7. The lowest BCUT2D eigenvalue weighted by Crippen LogP contribution is -2.19. The first kappa shape index (κ1) is 19.4. The summed E-state index contributed by atoms with van der Waals surface area (Å²) in [6, 6.07) is 18.7. The molecule has 0 radical (unpaired) electrons. The van der Waals surface area contributed by atoms with Crippen LogP contribution in [0.1, 0.15) is 30.1 Å². The molecule has 5 heteroatoms. The molecule has 0 unspecified atom stereocenters. The lowest BCUT2D eigenvalue weighted by atomic mass is 10.2. The Labute approximate surface area is 166 Å². The van der Waals surface area contributed by atoms with Gasteiger partial charge in [-0.3, -0.25) is 9.78 Å². The van der Waals surface area contributed by atoms with Crippen LogP contribution in [0.15, 0.2) is 73.1 Å². The van der Waals surface area contributed by atoms with E-state index in [-0.39, 0.29) is 5.91 Å². The van der Waals surface area contributed by atoms with E-state index in [0.717, 1.165) is 30.8 Å². The van der Waals surface area contributed by atoms with Gasteiger partial charge < -0.3 is 15.0 Å². The predicted octanol–water partition coefficient (Wildman–Crippen LogP) is 5.36. The molecular formula is C23H25N3O2. The van der Waals surface area contributed by atoms with E-state index in [1.807, 2.05) is 67.7 Å². The molecule has 0 bridgehead atoms. The second-order valence-electron chi connectivity index (χ2n) is 6.60. The topological polar surface area (TPSA) is 54.5 Å². The molecule has 1 aromatic heterocycles. The molecule has 3 rings (SSSR count). The third-order valence-electron chi connectivity index (χ3n) is 4.36. The number of ether oxygens (including phenoxy) is 1. The van der Waals surface area contributed by atoms with Gasteiger partial charge in [-0.25, -0.2) is 0 Å². The number of rotatable bonds is 8. The number of hydrogen-bond donors (Lipinski definition) is 1. The van der Waals surface area contributed by atoms with Crippen LogP contribution < -0.4 is 15.0 Å².